The number of aromatic nitrogens is 2. The summed E-state index contributed by atoms with van der Waals surface area (Å²) < 4.78 is 24.0. The van der Waals surface area contributed by atoms with Crippen LogP contribution in [0.5, 0.6) is 23.0 Å². The number of nitrogens with zero attached hydrogens (tertiary/aromatic N) is 3. The number of fused-ring (bicyclic) bond motifs is 1. The number of ether oxygens (including phenoxy) is 4. The van der Waals surface area contributed by atoms with Crippen LogP contribution in [0.4, 0.5) is 5.13 Å². The highest BCUT2D eigenvalue weighted by atomic mass is 32.2. The van der Waals surface area contributed by atoms with Gasteiger partial charge in [-0.15, -0.1) is 10.2 Å². The molecular formula is C36H37N3O7S2. The van der Waals surface area contributed by atoms with Crippen LogP contribution >= 0.6 is 23.1 Å². The number of unbranched alkanes of at least 4 members (excludes halogenated alkanes) is 2. The number of aliphatic hydroxyl groups is 1. The van der Waals surface area contributed by atoms with Gasteiger partial charge in [0.15, 0.2) is 27.3 Å². The molecule has 48 heavy (non-hydrogen) atoms. The van der Waals surface area contributed by atoms with E-state index in [1.54, 1.807) is 36.4 Å². The summed E-state index contributed by atoms with van der Waals surface area (Å²) >= 11 is 2.71. The van der Waals surface area contributed by atoms with Gasteiger partial charge in [-0.1, -0.05) is 78.8 Å². The fourth-order valence-electron chi connectivity index (χ4n) is 5.50. The maximum absolute atomic E-state index is 13.8. The lowest BCUT2D eigenvalue weighted by atomic mass is 9.95. The highest BCUT2D eigenvalue weighted by Gasteiger charge is 2.48. The lowest BCUT2D eigenvalue weighted by Gasteiger charge is -2.24. The van der Waals surface area contributed by atoms with Gasteiger partial charge < -0.3 is 24.1 Å². The van der Waals surface area contributed by atoms with Crippen LogP contribution in [0, 0.1) is 6.92 Å². The molecule has 10 nitrogen and oxygen atoms in total. The molecule has 1 amide bonds. The van der Waals surface area contributed by atoms with Crippen molar-refractivity contribution in [2.45, 2.75) is 56.2 Å². The number of carbonyl (C=O) groups is 2. The quantitative estimate of drug-likeness (QED) is 0.0378. The molecule has 1 saturated heterocycles. The Morgan fingerprint density at radius 2 is 1.75 bits per heavy atom. The van der Waals surface area contributed by atoms with Crippen molar-refractivity contribution in [2.24, 2.45) is 0 Å². The lowest BCUT2D eigenvalue weighted by Crippen LogP contribution is -2.29. The van der Waals surface area contributed by atoms with Gasteiger partial charge in [0.25, 0.3) is 5.78 Å². The minimum atomic E-state index is -1.02. The smallest absolute Gasteiger partial charge is 0.301 e. The molecule has 1 unspecified atom stereocenters. The highest BCUT2D eigenvalue weighted by Crippen LogP contribution is 2.46. The Bertz CT molecular complexity index is 1820. The molecule has 0 spiro atoms. The minimum absolute atomic E-state index is 0.0835. The number of amides is 1. The van der Waals surface area contributed by atoms with Crippen LogP contribution in [0.2, 0.25) is 0 Å². The summed E-state index contributed by atoms with van der Waals surface area (Å²) in [5.74, 6) is 0.688. The molecule has 250 valence electrons. The number of rotatable bonds is 13. The van der Waals surface area contributed by atoms with Crippen LogP contribution in [0.3, 0.4) is 0 Å². The number of aliphatic hydroxyl groups excluding tert-OH is 1. The number of thioether (sulfide) groups is 1. The largest absolute Gasteiger partial charge is 0.507 e. The summed E-state index contributed by atoms with van der Waals surface area (Å²) in [6.45, 7) is 7.73. The Morgan fingerprint density at radius 1 is 0.958 bits per heavy atom. The fourth-order valence-corrected chi connectivity index (χ4v) is 7.32. The first-order valence-corrected chi connectivity index (χ1v) is 17.8. The Labute approximate surface area is 287 Å². The van der Waals surface area contributed by atoms with Crippen molar-refractivity contribution >= 4 is 45.7 Å². The first kappa shape index (κ1) is 33.4. The van der Waals surface area contributed by atoms with Gasteiger partial charge in [0.1, 0.15) is 19.0 Å². The third kappa shape index (κ3) is 7.14. The van der Waals surface area contributed by atoms with Gasteiger partial charge >= 0.3 is 5.91 Å². The standard InChI is InChI=1S/C36H37N3O7S2/c1-4-6-7-16-44-26-14-12-24(19-28(26)43-5-2)31-30(32(40)25-13-15-27-29(20-25)46-18-17-45-27)33(41)34(42)39(31)35-37-38-36(48-35)47-21-23-10-8-22(3)9-11-23/h8-15,19-20,31,40H,4-7,16-18,21H2,1-3H3/b32-30-. The molecule has 1 fully saturated rings. The molecule has 1 atom stereocenters. The van der Waals surface area contributed by atoms with E-state index >= 15 is 0 Å². The number of carbonyl (C=O) groups excluding carboxylic acids is 2. The summed E-state index contributed by atoms with van der Waals surface area (Å²) in [6.07, 6.45) is 3.02. The van der Waals surface area contributed by atoms with Crippen molar-refractivity contribution in [2.75, 3.05) is 31.3 Å². The number of hydrogen-bond acceptors (Lipinski definition) is 11. The molecule has 0 aliphatic carbocycles. The summed E-state index contributed by atoms with van der Waals surface area (Å²) in [7, 11) is 0. The summed E-state index contributed by atoms with van der Waals surface area (Å²) in [6, 6.07) is 17.5. The van der Waals surface area contributed by atoms with Gasteiger partial charge in [-0.25, -0.2) is 0 Å². The normalized spacial score (nSPS) is 16.7. The van der Waals surface area contributed by atoms with Crippen LogP contribution in [0.15, 0.2) is 70.6 Å². The monoisotopic (exact) mass is 687 g/mol. The molecule has 12 heteroatoms. The molecule has 3 aromatic carbocycles. The number of ketones is 1. The maximum atomic E-state index is 13.8. The van der Waals surface area contributed by atoms with Crippen molar-refractivity contribution < 1.29 is 33.6 Å². The van der Waals surface area contributed by atoms with E-state index in [9.17, 15) is 14.7 Å². The van der Waals surface area contributed by atoms with E-state index in [0.29, 0.717) is 70.6 Å². The van der Waals surface area contributed by atoms with Crippen LogP contribution in [0.25, 0.3) is 5.76 Å². The predicted molar refractivity (Wildman–Crippen MR) is 185 cm³/mol. The van der Waals surface area contributed by atoms with Gasteiger partial charge in [0.2, 0.25) is 5.13 Å². The van der Waals surface area contributed by atoms with Crippen LogP contribution in [-0.2, 0) is 15.3 Å². The Hall–Kier alpha value is -4.55. The second-order valence-corrected chi connectivity index (χ2v) is 13.5. The van der Waals surface area contributed by atoms with Gasteiger partial charge in [-0.2, -0.15) is 0 Å². The number of Topliss-reactive ketones (excluding diaryl/α,β-unsaturated/α-hetero) is 1. The molecule has 0 bridgehead atoms. The van der Waals surface area contributed by atoms with Crippen LogP contribution in [0.1, 0.15) is 61.4 Å². The number of hydrogen-bond donors (Lipinski definition) is 1. The highest BCUT2D eigenvalue weighted by molar-refractivity contribution is 8.00. The van der Waals surface area contributed by atoms with Gasteiger partial charge in [0.05, 0.1) is 24.8 Å². The van der Waals surface area contributed by atoms with Gasteiger partial charge in [-0.05, 0) is 61.7 Å². The average Bonchev–Trinajstić information content (AvgIpc) is 3.68. The molecule has 0 radical (unpaired) electrons. The molecule has 6 rings (SSSR count). The zero-order valence-corrected chi connectivity index (χ0v) is 28.7. The van der Waals surface area contributed by atoms with E-state index < -0.39 is 17.7 Å². The summed E-state index contributed by atoms with van der Waals surface area (Å²) in [5.41, 5.74) is 3.08. The summed E-state index contributed by atoms with van der Waals surface area (Å²) in [4.78, 5) is 29.0. The van der Waals surface area contributed by atoms with Crippen LogP contribution in [-0.4, -0.2) is 53.4 Å². The topological polar surface area (TPSA) is 120 Å². The Kier molecular flexibility index (Phi) is 10.5. The van der Waals surface area contributed by atoms with E-state index in [4.69, 9.17) is 18.9 Å². The summed E-state index contributed by atoms with van der Waals surface area (Å²) in [5, 5.41) is 20.7. The van der Waals surface area contributed by atoms with Crippen molar-refractivity contribution in [1.29, 1.82) is 0 Å². The predicted octanol–water partition coefficient (Wildman–Crippen LogP) is 7.50. The van der Waals surface area contributed by atoms with Crippen molar-refractivity contribution in [3.05, 3.63) is 88.5 Å². The van der Waals surface area contributed by atoms with Gasteiger partial charge in [-0.3, -0.25) is 14.5 Å². The average molecular weight is 688 g/mol. The maximum Gasteiger partial charge on any atom is 0.301 e. The zero-order valence-electron chi connectivity index (χ0n) is 27.1. The number of aryl methyl sites for hydroxylation is 1. The molecule has 2 aliphatic heterocycles. The molecule has 4 aromatic rings. The third-order valence-corrected chi connectivity index (χ3v) is 10.1. The van der Waals surface area contributed by atoms with E-state index in [1.807, 2.05) is 13.8 Å². The number of benzene rings is 3. The third-order valence-electron chi connectivity index (χ3n) is 7.93. The molecular weight excluding hydrogens is 651 g/mol. The van der Waals surface area contributed by atoms with E-state index in [0.717, 1.165) is 24.8 Å². The molecule has 3 heterocycles. The molecule has 0 saturated carbocycles. The Morgan fingerprint density at radius 3 is 2.52 bits per heavy atom. The minimum Gasteiger partial charge on any atom is -0.507 e. The second-order valence-electron chi connectivity index (χ2n) is 11.3. The molecule has 2 aliphatic rings. The Balaban J connectivity index is 1.40. The fraction of sp³-hybridized carbons (Fsp3) is 0.333. The SMILES string of the molecule is CCCCCOc1ccc(C2/C(=C(/O)c3ccc4c(c3)OCCO4)C(=O)C(=O)N2c2nnc(SCc3ccc(C)cc3)s2)cc1OCC. The van der Waals surface area contributed by atoms with Crippen molar-refractivity contribution in [3.63, 3.8) is 0 Å². The number of anilines is 1. The van der Waals surface area contributed by atoms with Crippen LogP contribution < -0.4 is 23.8 Å². The van der Waals surface area contributed by atoms with Gasteiger partial charge in [0, 0.05) is 11.3 Å². The first-order valence-electron chi connectivity index (χ1n) is 16.0. The van der Waals surface area contributed by atoms with E-state index in [1.165, 1.54) is 33.6 Å². The van der Waals surface area contributed by atoms with Crippen molar-refractivity contribution in [1.82, 2.24) is 10.2 Å². The molecule has 1 N–H and O–H groups in total. The molecule has 1 aromatic heterocycles. The van der Waals surface area contributed by atoms with Crippen molar-refractivity contribution in [3.8, 4) is 23.0 Å². The zero-order chi connectivity index (χ0) is 33.6. The van der Waals surface area contributed by atoms with E-state index in [-0.39, 0.29) is 16.5 Å². The second kappa shape index (κ2) is 15.1. The first-order chi connectivity index (χ1) is 23.4. The van der Waals surface area contributed by atoms with E-state index in [2.05, 4.69) is 41.4 Å². The lowest BCUT2D eigenvalue weighted by molar-refractivity contribution is -0.132.